The highest BCUT2D eigenvalue weighted by Gasteiger charge is 2.44. The lowest BCUT2D eigenvalue weighted by Crippen LogP contribution is -2.43. The van der Waals surface area contributed by atoms with Crippen LogP contribution in [0.1, 0.15) is 24.0 Å². The first-order valence-corrected chi connectivity index (χ1v) is 10.6. The molecule has 2 atom stereocenters. The van der Waals surface area contributed by atoms with E-state index in [1.165, 1.54) is 0 Å². The van der Waals surface area contributed by atoms with Crippen molar-refractivity contribution in [2.75, 3.05) is 35.5 Å². The molecule has 0 radical (unpaired) electrons. The average molecular weight is 436 g/mol. The number of benzene rings is 2. The number of carbonyl (C=O) groups excluding carboxylic acids is 1. The first-order valence-electron chi connectivity index (χ1n) is 10.6. The molecular weight excluding hydrogens is 406 g/mol. The van der Waals surface area contributed by atoms with Gasteiger partial charge in [-0.1, -0.05) is 0 Å². The minimum atomic E-state index is 0.0753. The third-order valence-electron chi connectivity index (χ3n) is 6.44. The van der Waals surface area contributed by atoms with Crippen LogP contribution in [0.15, 0.2) is 47.5 Å². The van der Waals surface area contributed by atoms with Crippen LogP contribution >= 0.6 is 0 Å². The molecule has 0 N–H and O–H groups in total. The first kappa shape index (κ1) is 22.0. The van der Waals surface area contributed by atoms with Gasteiger partial charge in [-0.05, 0) is 56.3 Å². The molecule has 2 unspecified atom stereocenters. The normalized spacial score (nSPS) is 23.0. The van der Waals surface area contributed by atoms with Crippen molar-refractivity contribution in [2.45, 2.75) is 24.9 Å². The van der Waals surface area contributed by atoms with Crippen LogP contribution in [0.5, 0.6) is 23.0 Å². The highest BCUT2D eigenvalue weighted by Crippen LogP contribution is 2.42. The molecule has 2 aliphatic heterocycles. The fourth-order valence-electron chi connectivity index (χ4n) is 4.69. The molecule has 2 aromatic carbocycles. The van der Waals surface area contributed by atoms with Crippen molar-refractivity contribution in [3.05, 3.63) is 58.7 Å². The van der Waals surface area contributed by atoms with Gasteiger partial charge >= 0.3 is 0 Å². The maximum Gasteiger partial charge on any atom is 0.188 e. The number of Topliss-reactive ketones (excluding diaryl/α,β-unsaturated/α-hetero) is 1. The molecule has 4 rings (SSSR count). The number of ether oxygens (including phenoxy) is 4. The van der Waals surface area contributed by atoms with Gasteiger partial charge in [-0.2, -0.15) is 0 Å². The minimum Gasteiger partial charge on any atom is -0.497 e. The molecule has 6 nitrogen and oxygen atoms in total. The number of fused-ring (bicyclic) bond motifs is 2. The van der Waals surface area contributed by atoms with E-state index in [9.17, 15) is 4.79 Å². The van der Waals surface area contributed by atoms with E-state index in [0.717, 1.165) is 35.1 Å². The predicted molar refractivity (Wildman–Crippen MR) is 125 cm³/mol. The maximum absolute atomic E-state index is 13.7. The van der Waals surface area contributed by atoms with Crippen molar-refractivity contribution in [1.82, 2.24) is 4.90 Å². The molecule has 0 spiro atoms. The van der Waals surface area contributed by atoms with E-state index in [1.54, 1.807) is 28.4 Å². The Kier molecular flexibility index (Phi) is 6.24. The van der Waals surface area contributed by atoms with Crippen LogP contribution in [0.4, 0.5) is 0 Å². The summed E-state index contributed by atoms with van der Waals surface area (Å²) in [5.74, 6) is 2.85. The van der Waals surface area contributed by atoms with Gasteiger partial charge in [0.25, 0.3) is 0 Å². The van der Waals surface area contributed by atoms with Gasteiger partial charge < -0.3 is 18.9 Å². The van der Waals surface area contributed by atoms with Crippen molar-refractivity contribution >= 4 is 17.9 Å². The summed E-state index contributed by atoms with van der Waals surface area (Å²) in [6.07, 6.45) is 5.80. The van der Waals surface area contributed by atoms with Crippen LogP contribution in [0.2, 0.25) is 0 Å². The molecule has 0 aromatic heterocycles. The summed E-state index contributed by atoms with van der Waals surface area (Å²) in [5.41, 5.74) is 3.28. The number of nitrogens with zero attached hydrogens (tertiary/aromatic N) is 1. The second-order valence-corrected chi connectivity index (χ2v) is 8.02. The van der Waals surface area contributed by atoms with Gasteiger partial charge in [0.15, 0.2) is 5.78 Å². The summed E-state index contributed by atoms with van der Waals surface area (Å²) in [6.45, 7) is 0. The van der Waals surface area contributed by atoms with Crippen molar-refractivity contribution in [3.8, 4) is 23.0 Å². The molecule has 0 saturated carbocycles. The Hall–Kier alpha value is -3.25. The summed E-state index contributed by atoms with van der Waals surface area (Å²) in [6, 6.07) is 11.5. The van der Waals surface area contributed by atoms with E-state index in [4.69, 9.17) is 18.9 Å². The van der Waals surface area contributed by atoms with E-state index >= 15 is 0 Å². The summed E-state index contributed by atoms with van der Waals surface area (Å²) >= 11 is 0. The van der Waals surface area contributed by atoms with Crippen molar-refractivity contribution in [2.24, 2.45) is 0 Å². The average Bonchev–Trinajstić information content (AvgIpc) is 3.14. The number of piperidine rings is 1. The van der Waals surface area contributed by atoms with Crippen LogP contribution in [-0.4, -0.2) is 58.3 Å². The van der Waals surface area contributed by atoms with Crippen molar-refractivity contribution in [1.29, 1.82) is 0 Å². The van der Waals surface area contributed by atoms with Crippen LogP contribution in [0, 0.1) is 0 Å². The molecule has 168 valence electrons. The highest BCUT2D eigenvalue weighted by molar-refractivity contribution is 6.16. The number of hydrogen-bond donors (Lipinski definition) is 0. The van der Waals surface area contributed by atoms with E-state index in [0.29, 0.717) is 23.0 Å². The van der Waals surface area contributed by atoms with Crippen LogP contribution in [0.25, 0.3) is 12.2 Å². The Morgan fingerprint density at radius 2 is 1.19 bits per heavy atom. The molecule has 2 aliphatic rings. The summed E-state index contributed by atoms with van der Waals surface area (Å²) in [5, 5.41) is 0. The molecule has 2 bridgehead atoms. The van der Waals surface area contributed by atoms with Crippen LogP contribution in [0.3, 0.4) is 0 Å². The molecule has 2 fully saturated rings. The Balaban J connectivity index is 1.78. The molecule has 0 aliphatic carbocycles. The molecule has 6 heteroatoms. The zero-order chi connectivity index (χ0) is 22.8. The van der Waals surface area contributed by atoms with E-state index < -0.39 is 0 Å². The van der Waals surface area contributed by atoms with E-state index in [2.05, 4.69) is 11.9 Å². The molecule has 2 aromatic rings. The van der Waals surface area contributed by atoms with Gasteiger partial charge in [0.1, 0.15) is 23.0 Å². The van der Waals surface area contributed by atoms with Gasteiger partial charge in [-0.15, -0.1) is 0 Å². The third-order valence-corrected chi connectivity index (χ3v) is 6.44. The summed E-state index contributed by atoms with van der Waals surface area (Å²) in [4.78, 5) is 16.0. The quantitative estimate of drug-likeness (QED) is 0.633. The van der Waals surface area contributed by atoms with E-state index in [1.807, 2.05) is 48.6 Å². The second-order valence-electron chi connectivity index (χ2n) is 8.02. The van der Waals surface area contributed by atoms with Gasteiger partial charge in [-0.3, -0.25) is 9.69 Å². The number of hydrogen-bond acceptors (Lipinski definition) is 6. The number of carbonyl (C=O) groups is 1. The topological polar surface area (TPSA) is 57.2 Å². The highest BCUT2D eigenvalue weighted by atomic mass is 16.5. The molecule has 2 heterocycles. The number of methoxy groups -OCH3 is 4. The minimum absolute atomic E-state index is 0.0753. The van der Waals surface area contributed by atoms with Gasteiger partial charge in [0.05, 0.1) is 28.4 Å². The lowest BCUT2D eigenvalue weighted by molar-refractivity contribution is -0.114. The number of rotatable bonds is 6. The lowest BCUT2D eigenvalue weighted by atomic mass is 9.88. The fraction of sp³-hybridized carbons (Fsp3) is 0.346. The van der Waals surface area contributed by atoms with E-state index in [-0.39, 0.29) is 17.9 Å². The fourth-order valence-corrected chi connectivity index (χ4v) is 4.69. The van der Waals surface area contributed by atoms with Crippen molar-refractivity contribution < 1.29 is 23.7 Å². The largest absolute Gasteiger partial charge is 0.497 e. The van der Waals surface area contributed by atoms with Gasteiger partial charge in [0, 0.05) is 46.5 Å². The van der Waals surface area contributed by atoms with Crippen LogP contribution < -0.4 is 18.9 Å². The van der Waals surface area contributed by atoms with Gasteiger partial charge in [-0.25, -0.2) is 0 Å². The molecule has 32 heavy (non-hydrogen) atoms. The SMILES string of the molecule is COc1ccc(/C=C2/C(=O)/C(=C/c3ccc(OC)cc3OC)C3CCC2N3C)c(OC)c1. The second kappa shape index (κ2) is 9.09. The zero-order valence-electron chi connectivity index (χ0n) is 19.2. The molecule has 0 amide bonds. The number of likely N-dealkylation sites (N-methyl/N-ethyl adjacent to an activating group) is 1. The summed E-state index contributed by atoms with van der Waals surface area (Å²) in [7, 11) is 8.58. The lowest BCUT2D eigenvalue weighted by Gasteiger charge is -2.34. The Labute approximate surface area is 189 Å². The predicted octanol–water partition coefficient (Wildman–Crippen LogP) is 4.23. The molecular formula is C26H29NO5. The van der Waals surface area contributed by atoms with Gasteiger partial charge in [0.2, 0.25) is 0 Å². The van der Waals surface area contributed by atoms with Crippen molar-refractivity contribution in [3.63, 3.8) is 0 Å². The maximum atomic E-state index is 13.7. The first-order chi connectivity index (χ1) is 15.5. The number of ketones is 1. The Morgan fingerprint density at radius 3 is 1.56 bits per heavy atom. The summed E-state index contributed by atoms with van der Waals surface area (Å²) < 4.78 is 21.7. The Bertz CT molecular complexity index is 1000. The Morgan fingerprint density at radius 1 is 0.750 bits per heavy atom. The molecule has 2 saturated heterocycles. The standard InChI is InChI=1S/C26H29NO5/c1-27-22-10-11-23(27)21(13-17-7-9-19(30-3)15-25(17)32-5)26(28)20(22)12-16-6-8-18(29-2)14-24(16)31-4/h6-9,12-15,22-23H,10-11H2,1-5H3/b20-12+,21-13+. The zero-order valence-corrected chi connectivity index (χ0v) is 19.2. The smallest absolute Gasteiger partial charge is 0.188 e. The monoisotopic (exact) mass is 435 g/mol. The van der Waals surface area contributed by atoms with Crippen LogP contribution in [-0.2, 0) is 4.79 Å². The third kappa shape index (κ3) is 3.86.